The minimum absolute atomic E-state index is 0.214. The Morgan fingerprint density at radius 3 is 2.61 bits per heavy atom. The number of nitrogens with one attached hydrogen (secondary N) is 1. The summed E-state index contributed by atoms with van der Waals surface area (Å²) in [6.07, 6.45) is 1.16. The quantitative estimate of drug-likeness (QED) is 0.581. The van der Waals surface area contributed by atoms with Crippen LogP contribution in [0, 0.1) is 11.2 Å². The second kappa shape index (κ2) is 9.88. The van der Waals surface area contributed by atoms with E-state index in [-0.39, 0.29) is 18.4 Å². The molecule has 160 valence electrons. The Kier molecular flexibility index (Phi) is 6.35. The van der Waals surface area contributed by atoms with Crippen LogP contribution < -0.4 is 14.8 Å². The van der Waals surface area contributed by atoms with Crippen molar-refractivity contribution in [2.75, 3.05) is 39.0 Å². The molecule has 0 amide bonds. The van der Waals surface area contributed by atoms with Crippen molar-refractivity contribution in [2.24, 2.45) is 0 Å². The summed E-state index contributed by atoms with van der Waals surface area (Å²) in [5, 5.41) is 7.06. The zero-order chi connectivity index (χ0) is 22.3. The van der Waals surface area contributed by atoms with Gasteiger partial charge in [-0.05, 0) is 35.7 Å². The first-order chi connectivity index (χ1) is 15.7. The number of fused-ring (bicyclic) bond motifs is 2. The standard InChI is InChI=1S/C23H23N3O4S/c1-27-12-21-22(13-28-2)30-20-11-18-17(10-19(20)29-21)23(25-14-24-18)26-16-6-4-5-15(9-16)7-8-31-3/h4-6,9-11,14,21-22H,12-13H2,1-3H3,(H,24,25,26)/t21-,22-/m1/s1/i3T. The molecule has 0 spiro atoms. The number of ether oxygens (including phenoxy) is 4. The molecule has 0 aliphatic carbocycles. The van der Waals surface area contributed by atoms with Crippen LogP contribution >= 0.6 is 11.8 Å². The minimum Gasteiger partial charge on any atom is -0.480 e. The van der Waals surface area contributed by atoms with Gasteiger partial charge in [-0.1, -0.05) is 23.7 Å². The van der Waals surface area contributed by atoms with Crippen LogP contribution in [0.1, 0.15) is 6.93 Å². The normalized spacial score (nSPS) is 17.5. The van der Waals surface area contributed by atoms with Crippen LogP contribution in [-0.2, 0) is 9.47 Å². The fourth-order valence-corrected chi connectivity index (χ4v) is 3.53. The molecule has 0 unspecified atom stereocenters. The number of anilines is 2. The summed E-state index contributed by atoms with van der Waals surface area (Å²) >= 11 is 1.26. The Balaban J connectivity index is 1.64. The van der Waals surface area contributed by atoms with E-state index in [0.717, 1.165) is 22.2 Å². The molecule has 1 aliphatic rings. The highest BCUT2D eigenvalue weighted by atomic mass is 32.2. The molecule has 2 aromatic carbocycles. The Morgan fingerprint density at radius 1 is 1.10 bits per heavy atom. The lowest BCUT2D eigenvalue weighted by molar-refractivity contribution is -0.0513. The lowest BCUT2D eigenvalue weighted by Gasteiger charge is -2.33. The average molecular weight is 440 g/mol. The van der Waals surface area contributed by atoms with Crippen molar-refractivity contribution in [1.82, 2.24) is 9.97 Å². The molecule has 3 aromatic rings. The van der Waals surface area contributed by atoms with Crippen LogP contribution in [0.4, 0.5) is 11.5 Å². The Morgan fingerprint density at radius 2 is 1.87 bits per heavy atom. The first-order valence-corrected chi connectivity index (χ1v) is 10.6. The molecule has 0 saturated heterocycles. The van der Waals surface area contributed by atoms with E-state index >= 15 is 0 Å². The van der Waals surface area contributed by atoms with E-state index in [2.05, 4.69) is 26.5 Å². The summed E-state index contributed by atoms with van der Waals surface area (Å²) < 4.78 is 30.0. The van der Waals surface area contributed by atoms with Crippen LogP contribution in [0.25, 0.3) is 10.9 Å². The van der Waals surface area contributed by atoms with Crippen molar-refractivity contribution in [3.63, 3.8) is 0 Å². The summed E-state index contributed by atoms with van der Waals surface area (Å²) in [4.78, 5) is 8.83. The predicted molar refractivity (Wildman–Crippen MR) is 122 cm³/mol. The van der Waals surface area contributed by atoms with Crippen molar-refractivity contribution < 1.29 is 20.3 Å². The number of hydrogen-bond acceptors (Lipinski definition) is 8. The van der Waals surface area contributed by atoms with Crippen molar-refractivity contribution >= 4 is 34.2 Å². The molecule has 2 atom stereocenters. The van der Waals surface area contributed by atoms with Gasteiger partial charge >= 0.3 is 0 Å². The highest BCUT2D eigenvalue weighted by molar-refractivity contribution is 8.03. The van der Waals surface area contributed by atoms with Gasteiger partial charge in [0.2, 0.25) is 0 Å². The van der Waals surface area contributed by atoms with Gasteiger partial charge in [-0.25, -0.2) is 9.97 Å². The second-order valence-electron chi connectivity index (χ2n) is 6.84. The van der Waals surface area contributed by atoms with E-state index in [1.54, 1.807) is 14.2 Å². The van der Waals surface area contributed by atoms with Crippen molar-refractivity contribution in [1.29, 1.82) is 0 Å². The van der Waals surface area contributed by atoms with E-state index in [4.69, 9.17) is 20.3 Å². The molecule has 0 saturated carbocycles. The molecule has 2 heterocycles. The lowest BCUT2D eigenvalue weighted by atomic mass is 10.1. The Bertz CT molecular complexity index is 1150. The van der Waals surface area contributed by atoms with Gasteiger partial charge in [-0.15, -0.1) is 0 Å². The van der Waals surface area contributed by atoms with Gasteiger partial charge in [0.1, 0.15) is 12.1 Å². The second-order valence-corrected chi connectivity index (χ2v) is 7.33. The molecule has 0 fully saturated rings. The fraction of sp³-hybridized carbons (Fsp3) is 0.304. The van der Waals surface area contributed by atoms with E-state index in [0.29, 0.717) is 30.5 Å². The number of thioether (sulfide) groups is 1. The van der Waals surface area contributed by atoms with Crippen LogP contribution in [0.5, 0.6) is 11.5 Å². The lowest BCUT2D eigenvalue weighted by Crippen LogP contribution is -2.45. The van der Waals surface area contributed by atoms with Gasteiger partial charge in [0.25, 0.3) is 0 Å². The van der Waals surface area contributed by atoms with Gasteiger partial charge < -0.3 is 24.3 Å². The summed E-state index contributed by atoms with van der Waals surface area (Å²) in [5.74, 6) is 4.91. The third kappa shape index (κ3) is 4.85. The van der Waals surface area contributed by atoms with E-state index in [1.807, 2.05) is 36.4 Å². The highest BCUT2D eigenvalue weighted by Gasteiger charge is 2.32. The van der Waals surface area contributed by atoms with Crippen molar-refractivity contribution in [2.45, 2.75) is 12.2 Å². The Labute approximate surface area is 186 Å². The van der Waals surface area contributed by atoms with Gasteiger partial charge in [0.05, 0.1) is 18.7 Å². The Hall–Kier alpha value is -2.99. The molecule has 0 bridgehead atoms. The number of methoxy groups -OCH3 is 2. The van der Waals surface area contributed by atoms with Crippen LogP contribution in [0.15, 0.2) is 42.7 Å². The van der Waals surface area contributed by atoms with Crippen LogP contribution in [0.2, 0.25) is 0 Å². The molecule has 1 aliphatic heterocycles. The summed E-state index contributed by atoms with van der Waals surface area (Å²) in [6.45, 7) is 0.774. The smallest absolute Gasteiger partial charge is 0.164 e. The largest absolute Gasteiger partial charge is 0.480 e. The van der Waals surface area contributed by atoms with Crippen molar-refractivity contribution in [3.05, 3.63) is 48.3 Å². The maximum Gasteiger partial charge on any atom is 0.164 e. The predicted octanol–water partition coefficient (Wildman–Crippen LogP) is 3.85. The molecule has 7 nitrogen and oxygen atoms in total. The fourth-order valence-electron chi connectivity index (χ4n) is 3.34. The third-order valence-corrected chi connectivity index (χ3v) is 4.97. The van der Waals surface area contributed by atoms with E-state index in [9.17, 15) is 0 Å². The first-order valence-electron chi connectivity index (χ1n) is 10.3. The summed E-state index contributed by atoms with van der Waals surface area (Å²) in [5.41, 5.74) is 2.43. The van der Waals surface area contributed by atoms with Crippen molar-refractivity contribution in [3.8, 4) is 22.7 Å². The molecular formula is C23H23N3O4S. The molecule has 8 heteroatoms. The molecule has 1 aromatic heterocycles. The molecule has 1 N–H and O–H groups in total. The maximum absolute atomic E-state index is 7.17. The van der Waals surface area contributed by atoms with Gasteiger partial charge in [0.15, 0.2) is 23.7 Å². The average Bonchev–Trinajstić information content (AvgIpc) is 2.79. The van der Waals surface area contributed by atoms with E-state index in [1.165, 1.54) is 18.1 Å². The summed E-state index contributed by atoms with van der Waals surface area (Å²) in [7, 11) is 3.26. The number of aromatic nitrogens is 2. The SMILES string of the molecule is [3H]CSC#Cc1cccc(Nc2ncnc3cc4c(cc23)O[C@H](COC)[C@@H](COC)O4)c1. The van der Waals surface area contributed by atoms with Gasteiger partial charge in [0, 0.05) is 38.3 Å². The third-order valence-electron chi connectivity index (χ3n) is 4.73. The van der Waals surface area contributed by atoms with Gasteiger partial charge in [-0.2, -0.15) is 0 Å². The molecule has 0 radical (unpaired) electrons. The van der Waals surface area contributed by atoms with Gasteiger partial charge in [-0.3, -0.25) is 0 Å². The van der Waals surface area contributed by atoms with Crippen LogP contribution in [-0.4, -0.2) is 55.8 Å². The highest BCUT2D eigenvalue weighted by Crippen LogP contribution is 2.39. The molecular weight excluding hydrogens is 414 g/mol. The monoisotopic (exact) mass is 439 g/mol. The number of benzene rings is 2. The molecule has 31 heavy (non-hydrogen) atoms. The summed E-state index contributed by atoms with van der Waals surface area (Å²) in [6, 6.07) is 11.5. The zero-order valence-electron chi connectivity index (χ0n) is 18.3. The zero-order valence-corrected chi connectivity index (χ0v) is 18.1. The number of nitrogens with zero attached hydrogens (tertiary/aromatic N) is 2. The molecule has 4 rings (SSSR count). The first kappa shape index (κ1) is 19.9. The topological polar surface area (TPSA) is 74.7 Å². The number of rotatable bonds is 6. The van der Waals surface area contributed by atoms with E-state index < -0.39 is 0 Å². The minimum atomic E-state index is -0.289. The maximum atomic E-state index is 7.17. The number of hydrogen-bond donors (Lipinski definition) is 1. The van der Waals surface area contributed by atoms with Crippen LogP contribution in [0.3, 0.4) is 0 Å².